The Bertz CT molecular complexity index is 497. The predicted octanol–water partition coefficient (Wildman–Crippen LogP) is 2.81. The highest BCUT2D eigenvalue weighted by molar-refractivity contribution is 5.77. The fourth-order valence-corrected chi connectivity index (χ4v) is 1.68. The van der Waals surface area contributed by atoms with E-state index in [0.29, 0.717) is 5.69 Å². The number of carbonyl (C=O) groups is 1. The molecule has 0 radical (unpaired) electrons. The van der Waals surface area contributed by atoms with Gasteiger partial charge in [0.2, 0.25) is 0 Å². The van der Waals surface area contributed by atoms with Crippen molar-refractivity contribution in [1.82, 2.24) is 4.57 Å². The first kappa shape index (κ1) is 9.71. The normalized spacial score (nSPS) is 10.3. The monoisotopic (exact) mass is 199 g/mol. The Kier molecular flexibility index (Phi) is 2.42. The van der Waals surface area contributed by atoms with Gasteiger partial charge in [-0.15, -0.1) is 0 Å². The van der Waals surface area contributed by atoms with Gasteiger partial charge >= 0.3 is 0 Å². The van der Waals surface area contributed by atoms with Crippen LogP contribution in [0.4, 0.5) is 0 Å². The van der Waals surface area contributed by atoms with Crippen LogP contribution in [-0.4, -0.2) is 10.9 Å². The molecule has 1 aromatic carbocycles. The van der Waals surface area contributed by atoms with Crippen LogP contribution < -0.4 is 0 Å². The Labute approximate surface area is 89.2 Å². The number of rotatable bonds is 2. The molecule has 0 saturated carbocycles. The summed E-state index contributed by atoms with van der Waals surface area (Å²) in [6, 6.07) is 10.2. The van der Waals surface area contributed by atoms with Crippen LogP contribution in [-0.2, 0) is 7.05 Å². The molecule has 0 atom stereocenters. The van der Waals surface area contributed by atoms with Gasteiger partial charge in [0.15, 0.2) is 6.29 Å². The number of aromatic nitrogens is 1. The van der Waals surface area contributed by atoms with Crippen LogP contribution in [0.5, 0.6) is 0 Å². The zero-order valence-electron chi connectivity index (χ0n) is 8.90. The summed E-state index contributed by atoms with van der Waals surface area (Å²) in [5.74, 6) is 0. The fraction of sp³-hybridized carbons (Fsp3) is 0.154. The van der Waals surface area contributed by atoms with Crippen LogP contribution in [0.3, 0.4) is 0 Å². The Balaban J connectivity index is 2.49. The number of benzene rings is 1. The molecule has 0 fully saturated rings. The van der Waals surface area contributed by atoms with Crippen molar-refractivity contribution < 1.29 is 4.79 Å². The molecule has 0 aliphatic heterocycles. The third-order valence-electron chi connectivity index (χ3n) is 2.52. The van der Waals surface area contributed by atoms with Crippen LogP contribution in [0, 0.1) is 6.92 Å². The van der Waals surface area contributed by atoms with Crippen LogP contribution in [0.2, 0.25) is 0 Å². The van der Waals surface area contributed by atoms with Gasteiger partial charge in [0, 0.05) is 18.8 Å². The average molecular weight is 199 g/mol. The number of hydrogen-bond acceptors (Lipinski definition) is 1. The van der Waals surface area contributed by atoms with Gasteiger partial charge in [-0.25, -0.2) is 0 Å². The van der Waals surface area contributed by atoms with Crippen LogP contribution in [0.1, 0.15) is 16.1 Å². The summed E-state index contributed by atoms with van der Waals surface area (Å²) in [7, 11) is 1.88. The molecule has 2 nitrogen and oxygen atoms in total. The third-order valence-corrected chi connectivity index (χ3v) is 2.52. The zero-order chi connectivity index (χ0) is 10.8. The number of aldehydes is 1. The molecule has 0 aliphatic carbocycles. The second kappa shape index (κ2) is 3.73. The molecule has 0 bridgehead atoms. The summed E-state index contributed by atoms with van der Waals surface area (Å²) < 4.78 is 1.84. The highest BCUT2D eigenvalue weighted by atomic mass is 16.1. The van der Waals surface area contributed by atoms with Gasteiger partial charge in [-0.05, 0) is 18.6 Å². The molecule has 1 aromatic heterocycles. The van der Waals surface area contributed by atoms with E-state index in [9.17, 15) is 4.79 Å². The lowest BCUT2D eigenvalue weighted by molar-refractivity contribution is 0.111. The minimum absolute atomic E-state index is 0.700. The molecule has 0 amide bonds. The van der Waals surface area contributed by atoms with Gasteiger partial charge in [-0.1, -0.05) is 29.8 Å². The maximum absolute atomic E-state index is 10.7. The molecular formula is C13H13NO. The van der Waals surface area contributed by atoms with Gasteiger partial charge in [-0.3, -0.25) is 4.79 Å². The maximum Gasteiger partial charge on any atom is 0.166 e. The van der Waals surface area contributed by atoms with Crippen molar-refractivity contribution in [2.24, 2.45) is 7.05 Å². The topological polar surface area (TPSA) is 22.0 Å². The van der Waals surface area contributed by atoms with E-state index >= 15 is 0 Å². The van der Waals surface area contributed by atoms with Gasteiger partial charge < -0.3 is 4.57 Å². The molecule has 76 valence electrons. The van der Waals surface area contributed by atoms with Crippen molar-refractivity contribution in [1.29, 1.82) is 0 Å². The van der Waals surface area contributed by atoms with E-state index in [1.807, 2.05) is 29.9 Å². The van der Waals surface area contributed by atoms with Crippen LogP contribution in [0.15, 0.2) is 36.5 Å². The summed E-state index contributed by atoms with van der Waals surface area (Å²) >= 11 is 0. The summed E-state index contributed by atoms with van der Waals surface area (Å²) in [6.45, 7) is 2.06. The lowest BCUT2D eigenvalue weighted by Crippen LogP contribution is -1.90. The smallest absolute Gasteiger partial charge is 0.166 e. The highest BCUT2D eigenvalue weighted by Gasteiger charge is 2.03. The molecule has 0 spiro atoms. The first-order valence-corrected chi connectivity index (χ1v) is 4.89. The lowest BCUT2D eigenvalue weighted by atomic mass is 10.1. The molecule has 2 aromatic rings. The molecule has 0 N–H and O–H groups in total. The Morgan fingerprint density at radius 2 is 2.00 bits per heavy atom. The molecule has 2 rings (SSSR count). The van der Waals surface area contributed by atoms with Crippen molar-refractivity contribution in [2.45, 2.75) is 6.92 Å². The average Bonchev–Trinajstić information content (AvgIpc) is 2.60. The highest BCUT2D eigenvalue weighted by Crippen LogP contribution is 2.21. The summed E-state index contributed by atoms with van der Waals surface area (Å²) in [5.41, 5.74) is 4.16. The number of aryl methyl sites for hydroxylation is 2. The predicted molar refractivity (Wildman–Crippen MR) is 61.0 cm³/mol. The Morgan fingerprint density at radius 3 is 2.60 bits per heavy atom. The van der Waals surface area contributed by atoms with E-state index in [4.69, 9.17) is 0 Å². The minimum atomic E-state index is 0.700. The molecule has 0 saturated heterocycles. The number of nitrogens with zero attached hydrogens (tertiary/aromatic N) is 1. The van der Waals surface area contributed by atoms with Crippen molar-refractivity contribution in [3.63, 3.8) is 0 Å². The summed E-state index contributed by atoms with van der Waals surface area (Å²) in [5, 5.41) is 0. The largest absolute Gasteiger partial charge is 0.348 e. The van der Waals surface area contributed by atoms with Crippen molar-refractivity contribution >= 4 is 6.29 Å². The van der Waals surface area contributed by atoms with Crippen molar-refractivity contribution in [2.75, 3.05) is 0 Å². The summed E-state index contributed by atoms with van der Waals surface area (Å²) in [6.07, 6.45) is 2.85. The standard InChI is InChI=1S/C13H13NO/c1-10-4-3-5-11(6-10)12-7-13(9-15)14(2)8-12/h3-9H,1-2H3. The zero-order valence-corrected chi connectivity index (χ0v) is 8.90. The van der Waals surface area contributed by atoms with E-state index in [-0.39, 0.29) is 0 Å². The molecular weight excluding hydrogens is 186 g/mol. The number of carbonyl (C=O) groups excluding carboxylic acids is 1. The minimum Gasteiger partial charge on any atom is -0.348 e. The lowest BCUT2D eigenvalue weighted by Gasteiger charge is -1.98. The van der Waals surface area contributed by atoms with Gasteiger partial charge in [0.05, 0.1) is 5.69 Å². The van der Waals surface area contributed by atoms with Crippen LogP contribution >= 0.6 is 0 Å². The molecule has 15 heavy (non-hydrogen) atoms. The maximum atomic E-state index is 10.7. The molecule has 2 heteroatoms. The van der Waals surface area contributed by atoms with Crippen molar-refractivity contribution in [3.8, 4) is 11.1 Å². The number of hydrogen-bond donors (Lipinski definition) is 0. The molecule has 1 heterocycles. The first-order valence-electron chi connectivity index (χ1n) is 4.89. The van der Waals surface area contributed by atoms with Gasteiger partial charge in [0.1, 0.15) is 0 Å². The Hall–Kier alpha value is -1.83. The second-order valence-electron chi connectivity index (χ2n) is 3.75. The van der Waals surface area contributed by atoms with E-state index in [0.717, 1.165) is 17.4 Å². The quantitative estimate of drug-likeness (QED) is 0.682. The van der Waals surface area contributed by atoms with E-state index in [2.05, 4.69) is 25.1 Å². The van der Waals surface area contributed by atoms with Crippen molar-refractivity contribution in [3.05, 3.63) is 47.8 Å². The molecule has 0 unspecified atom stereocenters. The third kappa shape index (κ3) is 1.84. The van der Waals surface area contributed by atoms with Gasteiger partial charge in [-0.2, -0.15) is 0 Å². The first-order chi connectivity index (χ1) is 7.20. The van der Waals surface area contributed by atoms with Gasteiger partial charge in [0.25, 0.3) is 0 Å². The fourth-order valence-electron chi connectivity index (χ4n) is 1.68. The SMILES string of the molecule is Cc1cccc(-c2cc(C=O)n(C)c2)c1. The van der Waals surface area contributed by atoms with E-state index in [1.54, 1.807) is 0 Å². The van der Waals surface area contributed by atoms with E-state index in [1.165, 1.54) is 5.56 Å². The second-order valence-corrected chi connectivity index (χ2v) is 3.75. The summed E-state index contributed by atoms with van der Waals surface area (Å²) in [4.78, 5) is 10.7. The van der Waals surface area contributed by atoms with Crippen LogP contribution in [0.25, 0.3) is 11.1 Å². The molecule has 0 aliphatic rings. The Morgan fingerprint density at radius 1 is 1.20 bits per heavy atom. The van der Waals surface area contributed by atoms with E-state index < -0.39 is 0 Å².